The summed E-state index contributed by atoms with van der Waals surface area (Å²) in [5.41, 5.74) is -0.880. The van der Waals surface area contributed by atoms with Crippen LogP contribution in [0.3, 0.4) is 0 Å². The van der Waals surface area contributed by atoms with Gasteiger partial charge in [-0.3, -0.25) is 9.36 Å². The second-order valence-electron chi connectivity index (χ2n) is 4.46. The third-order valence-electron chi connectivity index (χ3n) is 2.54. The Kier molecular flexibility index (Phi) is 5.71. The third kappa shape index (κ3) is 4.49. The van der Waals surface area contributed by atoms with Gasteiger partial charge in [-0.1, -0.05) is 0 Å². The first-order valence-electron chi connectivity index (χ1n) is 6.04. The second kappa shape index (κ2) is 7.05. The number of anilines is 1. The van der Waals surface area contributed by atoms with E-state index in [9.17, 15) is 9.59 Å². The van der Waals surface area contributed by atoms with Gasteiger partial charge in [0.2, 0.25) is 5.82 Å². The smallest absolute Gasteiger partial charge is 0.346 e. The minimum Gasteiger partial charge on any atom is -0.378 e. The van der Waals surface area contributed by atoms with Crippen LogP contribution in [0.5, 0.6) is 0 Å². The van der Waals surface area contributed by atoms with Gasteiger partial charge in [0.15, 0.2) is 0 Å². The van der Waals surface area contributed by atoms with Crippen LogP contribution >= 0.6 is 0 Å². The Morgan fingerprint density at radius 1 is 1.26 bits per heavy atom. The first-order chi connectivity index (χ1) is 8.93. The van der Waals surface area contributed by atoms with Crippen LogP contribution in [0.25, 0.3) is 0 Å². The molecule has 0 amide bonds. The Morgan fingerprint density at radius 3 is 2.58 bits per heavy atom. The van der Waals surface area contributed by atoms with Crippen molar-refractivity contribution in [2.75, 3.05) is 45.7 Å². The summed E-state index contributed by atoms with van der Waals surface area (Å²) >= 11 is 0. The molecule has 0 fully saturated rings. The zero-order chi connectivity index (χ0) is 14.4. The van der Waals surface area contributed by atoms with E-state index in [1.807, 2.05) is 19.0 Å². The lowest BCUT2D eigenvalue weighted by Gasteiger charge is -2.10. The number of ether oxygens (including phenoxy) is 1. The molecule has 0 saturated heterocycles. The highest BCUT2D eigenvalue weighted by molar-refractivity contribution is 5.29. The highest BCUT2D eigenvalue weighted by Crippen LogP contribution is 1.88. The zero-order valence-electron chi connectivity index (χ0n) is 11.8. The molecule has 0 atom stereocenters. The van der Waals surface area contributed by atoms with Crippen molar-refractivity contribution in [1.82, 2.24) is 19.2 Å². The molecule has 0 saturated carbocycles. The molecule has 1 N–H and O–H groups in total. The minimum atomic E-state index is -0.446. The number of hydrogen-bond donors (Lipinski definition) is 1. The van der Waals surface area contributed by atoms with Gasteiger partial charge in [0.05, 0.1) is 13.2 Å². The number of aromatic nitrogens is 3. The Hall–Kier alpha value is -1.67. The first-order valence-corrected chi connectivity index (χ1v) is 6.04. The minimum absolute atomic E-state index is 0.154. The van der Waals surface area contributed by atoms with Crippen LogP contribution in [0, 0.1) is 0 Å². The lowest BCUT2D eigenvalue weighted by Crippen LogP contribution is -2.40. The van der Waals surface area contributed by atoms with Crippen LogP contribution in [-0.2, 0) is 18.8 Å². The van der Waals surface area contributed by atoms with E-state index in [-0.39, 0.29) is 5.82 Å². The van der Waals surface area contributed by atoms with Crippen molar-refractivity contribution < 1.29 is 4.74 Å². The highest BCUT2D eigenvalue weighted by atomic mass is 16.5. The topological polar surface area (TPSA) is 81.4 Å². The number of likely N-dealkylation sites (N-methyl/N-ethyl adjacent to an activating group) is 1. The van der Waals surface area contributed by atoms with E-state index >= 15 is 0 Å². The molecule has 0 aliphatic carbocycles. The summed E-state index contributed by atoms with van der Waals surface area (Å²) in [4.78, 5) is 25.2. The van der Waals surface area contributed by atoms with Crippen molar-refractivity contribution in [3.05, 3.63) is 20.8 Å². The molecular formula is C11H21N5O3. The quantitative estimate of drug-likeness (QED) is 0.606. The van der Waals surface area contributed by atoms with Crippen LogP contribution in [0.2, 0.25) is 0 Å². The molecule has 8 nitrogen and oxygen atoms in total. The summed E-state index contributed by atoms with van der Waals surface area (Å²) in [5, 5.41) is 6.74. The monoisotopic (exact) mass is 271 g/mol. The number of hydrogen-bond acceptors (Lipinski definition) is 6. The maximum atomic E-state index is 11.7. The summed E-state index contributed by atoms with van der Waals surface area (Å²) in [6.07, 6.45) is 0. The van der Waals surface area contributed by atoms with Gasteiger partial charge in [0, 0.05) is 27.2 Å². The Morgan fingerprint density at radius 2 is 1.95 bits per heavy atom. The van der Waals surface area contributed by atoms with E-state index in [0.29, 0.717) is 19.8 Å². The molecule has 1 heterocycles. The summed E-state index contributed by atoms with van der Waals surface area (Å²) in [6, 6.07) is 0. The molecule has 0 aromatic carbocycles. The predicted molar refractivity (Wildman–Crippen MR) is 72.6 cm³/mol. The van der Waals surface area contributed by atoms with Gasteiger partial charge < -0.3 is 15.0 Å². The maximum Gasteiger partial charge on any atom is 0.346 e. The van der Waals surface area contributed by atoms with E-state index in [1.165, 1.54) is 14.1 Å². The van der Waals surface area contributed by atoms with Crippen molar-refractivity contribution in [2.45, 2.75) is 0 Å². The average Bonchev–Trinajstić information content (AvgIpc) is 2.36. The summed E-state index contributed by atoms with van der Waals surface area (Å²) < 4.78 is 7.52. The van der Waals surface area contributed by atoms with E-state index < -0.39 is 11.2 Å². The molecule has 0 unspecified atom stereocenters. The molecule has 19 heavy (non-hydrogen) atoms. The molecular weight excluding hydrogens is 250 g/mol. The molecule has 1 rings (SSSR count). The SMILES string of the molecule is CN(C)CCOCCNc1nn(C)c(=O)n(C)c1=O. The fraction of sp³-hybridized carbons (Fsp3) is 0.727. The summed E-state index contributed by atoms with van der Waals surface area (Å²) in [7, 11) is 6.87. The van der Waals surface area contributed by atoms with E-state index in [0.717, 1.165) is 15.8 Å². The van der Waals surface area contributed by atoms with Gasteiger partial charge in [-0.2, -0.15) is 0 Å². The van der Waals surface area contributed by atoms with Crippen molar-refractivity contribution in [3.63, 3.8) is 0 Å². The summed E-state index contributed by atoms with van der Waals surface area (Å²) in [6.45, 7) is 2.42. The number of aryl methyl sites for hydroxylation is 1. The van der Waals surface area contributed by atoms with Gasteiger partial charge in [0.25, 0.3) is 5.56 Å². The van der Waals surface area contributed by atoms with Gasteiger partial charge in [-0.25, -0.2) is 9.48 Å². The third-order valence-corrected chi connectivity index (χ3v) is 2.54. The number of nitrogens with one attached hydrogen (secondary N) is 1. The zero-order valence-corrected chi connectivity index (χ0v) is 11.8. The van der Waals surface area contributed by atoms with Crippen LogP contribution in [0.1, 0.15) is 0 Å². The van der Waals surface area contributed by atoms with Crippen LogP contribution in [-0.4, -0.2) is 59.6 Å². The normalized spacial score (nSPS) is 11.0. The predicted octanol–water partition coefficient (Wildman–Crippen LogP) is -1.53. The fourth-order valence-electron chi connectivity index (χ4n) is 1.40. The van der Waals surface area contributed by atoms with E-state index in [1.54, 1.807) is 0 Å². The largest absolute Gasteiger partial charge is 0.378 e. The summed E-state index contributed by atoms with van der Waals surface area (Å²) in [5.74, 6) is 0.154. The molecule has 0 aliphatic heterocycles. The number of nitrogens with zero attached hydrogens (tertiary/aromatic N) is 4. The van der Waals surface area contributed by atoms with Crippen LogP contribution < -0.4 is 16.6 Å². The number of rotatable bonds is 7. The lowest BCUT2D eigenvalue weighted by molar-refractivity contribution is 0.126. The van der Waals surface area contributed by atoms with Crippen molar-refractivity contribution in [3.8, 4) is 0 Å². The van der Waals surface area contributed by atoms with Crippen molar-refractivity contribution >= 4 is 5.82 Å². The molecule has 0 spiro atoms. The standard InChI is InChI=1S/C11H21N5O3/c1-14(2)6-8-19-7-5-12-9-10(17)15(3)11(18)16(4)13-9/h5-8H2,1-4H3,(H,12,13). The molecule has 0 aliphatic rings. The Balaban J connectivity index is 2.47. The van der Waals surface area contributed by atoms with E-state index in [4.69, 9.17) is 4.74 Å². The second-order valence-corrected chi connectivity index (χ2v) is 4.46. The van der Waals surface area contributed by atoms with Crippen molar-refractivity contribution in [1.29, 1.82) is 0 Å². The first kappa shape index (κ1) is 15.4. The maximum absolute atomic E-state index is 11.7. The van der Waals surface area contributed by atoms with E-state index in [2.05, 4.69) is 10.4 Å². The lowest BCUT2D eigenvalue weighted by atomic mass is 10.6. The highest BCUT2D eigenvalue weighted by Gasteiger charge is 2.07. The molecule has 1 aromatic heterocycles. The van der Waals surface area contributed by atoms with Crippen LogP contribution in [0.15, 0.2) is 9.59 Å². The molecule has 0 radical (unpaired) electrons. The van der Waals surface area contributed by atoms with Gasteiger partial charge >= 0.3 is 5.69 Å². The molecule has 8 heteroatoms. The van der Waals surface area contributed by atoms with Crippen LogP contribution in [0.4, 0.5) is 5.82 Å². The molecule has 108 valence electrons. The van der Waals surface area contributed by atoms with Gasteiger partial charge in [-0.05, 0) is 14.1 Å². The van der Waals surface area contributed by atoms with Gasteiger partial charge in [0.1, 0.15) is 0 Å². The average molecular weight is 271 g/mol. The fourth-order valence-corrected chi connectivity index (χ4v) is 1.40. The van der Waals surface area contributed by atoms with Gasteiger partial charge in [-0.15, -0.1) is 5.10 Å². The Bertz CT molecular complexity index is 520. The Labute approximate surface area is 111 Å². The van der Waals surface area contributed by atoms with Crippen molar-refractivity contribution in [2.24, 2.45) is 14.1 Å². The molecule has 0 bridgehead atoms. The molecule has 1 aromatic rings.